The molecular formula is C25H30FNO5P+. The number of halogens is 1. The second kappa shape index (κ2) is 9.30. The SMILES string of the molecule is C#CC(C(=O)O)([P+](=O)OC)C(C)(O)c1c(-c2ccc(F)cc2)cc(C(C)(C)C)nc1C(C)C. The second-order valence-electron chi connectivity index (χ2n) is 9.40. The fourth-order valence-electron chi connectivity index (χ4n) is 3.77. The molecule has 8 heteroatoms. The van der Waals surface area contributed by atoms with Crippen LogP contribution in [0.15, 0.2) is 30.3 Å². The molecule has 0 amide bonds. The van der Waals surface area contributed by atoms with E-state index in [4.69, 9.17) is 15.9 Å². The van der Waals surface area contributed by atoms with Gasteiger partial charge in [-0.05, 0) is 52.7 Å². The number of rotatable bonds is 7. The monoisotopic (exact) mass is 474 g/mol. The summed E-state index contributed by atoms with van der Waals surface area (Å²) in [4.78, 5) is 17.2. The minimum atomic E-state index is -3.05. The Morgan fingerprint density at radius 3 is 2.15 bits per heavy atom. The van der Waals surface area contributed by atoms with Crippen LogP contribution in [0.4, 0.5) is 4.39 Å². The highest BCUT2D eigenvalue weighted by Gasteiger charge is 2.71. The van der Waals surface area contributed by atoms with Crippen LogP contribution < -0.4 is 0 Å². The second-order valence-corrected chi connectivity index (χ2v) is 10.9. The van der Waals surface area contributed by atoms with Crippen molar-refractivity contribution in [1.29, 1.82) is 0 Å². The molecule has 0 bridgehead atoms. The van der Waals surface area contributed by atoms with Gasteiger partial charge >= 0.3 is 19.2 Å². The summed E-state index contributed by atoms with van der Waals surface area (Å²) >= 11 is 0. The van der Waals surface area contributed by atoms with Crippen molar-refractivity contribution in [2.75, 3.05) is 7.11 Å². The molecule has 3 unspecified atom stereocenters. The maximum atomic E-state index is 13.7. The van der Waals surface area contributed by atoms with Gasteiger partial charge in [-0.15, -0.1) is 10.9 Å². The molecule has 0 aliphatic carbocycles. The Kier molecular flexibility index (Phi) is 7.50. The van der Waals surface area contributed by atoms with Crippen LogP contribution in [0.1, 0.15) is 64.4 Å². The van der Waals surface area contributed by atoms with E-state index in [1.54, 1.807) is 6.07 Å². The number of terminal acetylenes is 1. The van der Waals surface area contributed by atoms with Gasteiger partial charge in [0.2, 0.25) is 0 Å². The van der Waals surface area contributed by atoms with Crippen molar-refractivity contribution >= 4 is 14.0 Å². The molecule has 176 valence electrons. The van der Waals surface area contributed by atoms with Crippen LogP contribution in [0.2, 0.25) is 0 Å². The topological polar surface area (TPSA) is 96.7 Å². The van der Waals surface area contributed by atoms with Crippen LogP contribution in [0, 0.1) is 18.2 Å². The summed E-state index contributed by atoms with van der Waals surface area (Å²) in [5.74, 6) is -0.329. The lowest BCUT2D eigenvalue weighted by Crippen LogP contribution is -2.53. The highest BCUT2D eigenvalue weighted by atomic mass is 31.1. The number of benzene rings is 1. The molecule has 1 aromatic carbocycles. The van der Waals surface area contributed by atoms with Crippen LogP contribution in [-0.2, 0) is 24.9 Å². The first-order valence-corrected chi connectivity index (χ1v) is 11.6. The van der Waals surface area contributed by atoms with E-state index in [2.05, 4.69) is 5.92 Å². The summed E-state index contributed by atoms with van der Waals surface area (Å²) < 4.78 is 31.5. The smallest absolute Gasteiger partial charge is 0.477 e. The highest BCUT2D eigenvalue weighted by Crippen LogP contribution is 2.54. The average Bonchev–Trinajstić information content (AvgIpc) is 2.72. The Labute approximate surface area is 195 Å². The molecule has 0 radical (unpaired) electrons. The van der Waals surface area contributed by atoms with Gasteiger partial charge in [0, 0.05) is 16.7 Å². The Morgan fingerprint density at radius 2 is 1.76 bits per heavy atom. The molecule has 0 fully saturated rings. The number of carboxylic acid groups (broad SMARTS) is 1. The normalized spacial score (nSPS) is 16.0. The third-order valence-electron chi connectivity index (χ3n) is 5.67. The van der Waals surface area contributed by atoms with E-state index in [-0.39, 0.29) is 11.5 Å². The van der Waals surface area contributed by atoms with Gasteiger partial charge in [-0.1, -0.05) is 46.8 Å². The molecule has 1 aromatic heterocycles. The fraction of sp³-hybridized carbons (Fsp3) is 0.440. The van der Waals surface area contributed by atoms with Crippen molar-refractivity contribution in [3.8, 4) is 23.5 Å². The summed E-state index contributed by atoms with van der Waals surface area (Å²) in [6.07, 6.45) is 5.62. The maximum absolute atomic E-state index is 13.7. The van der Waals surface area contributed by atoms with E-state index >= 15 is 0 Å². The molecule has 6 nitrogen and oxygen atoms in total. The van der Waals surface area contributed by atoms with Gasteiger partial charge in [0.15, 0.2) is 5.60 Å². The molecule has 3 atom stereocenters. The first-order valence-electron chi connectivity index (χ1n) is 10.4. The maximum Gasteiger partial charge on any atom is 0.543 e. The summed E-state index contributed by atoms with van der Waals surface area (Å²) in [7, 11) is -1.98. The number of nitrogens with zero attached hydrogens (tertiary/aromatic N) is 1. The van der Waals surface area contributed by atoms with Gasteiger partial charge in [0.05, 0.1) is 12.8 Å². The molecular weight excluding hydrogens is 444 g/mol. The molecule has 0 aliphatic heterocycles. The van der Waals surface area contributed by atoms with Crippen LogP contribution >= 0.6 is 8.03 Å². The molecule has 0 saturated heterocycles. The molecule has 2 rings (SSSR count). The van der Waals surface area contributed by atoms with Crippen molar-refractivity contribution in [3.63, 3.8) is 0 Å². The third kappa shape index (κ3) is 4.56. The lowest BCUT2D eigenvalue weighted by atomic mass is 9.75. The van der Waals surface area contributed by atoms with Crippen LogP contribution in [0.25, 0.3) is 11.1 Å². The van der Waals surface area contributed by atoms with Crippen LogP contribution in [0.3, 0.4) is 0 Å². The molecule has 1 heterocycles. The number of pyridine rings is 1. The first-order chi connectivity index (χ1) is 15.1. The van der Waals surface area contributed by atoms with Gasteiger partial charge in [0.1, 0.15) is 5.82 Å². The number of hydrogen-bond donors (Lipinski definition) is 2. The molecule has 2 N–H and O–H groups in total. The number of carboxylic acids is 1. The van der Waals surface area contributed by atoms with E-state index in [9.17, 15) is 24.0 Å². The van der Waals surface area contributed by atoms with Gasteiger partial charge < -0.3 is 10.2 Å². The van der Waals surface area contributed by atoms with Crippen molar-refractivity contribution in [3.05, 3.63) is 53.1 Å². The number of carbonyl (C=O) groups is 1. The quantitative estimate of drug-likeness (QED) is 0.414. The van der Waals surface area contributed by atoms with Gasteiger partial charge in [-0.2, -0.15) is 0 Å². The predicted octanol–water partition coefficient (Wildman–Crippen LogP) is 5.36. The Balaban J connectivity index is 3.13. The van der Waals surface area contributed by atoms with Crippen LogP contribution in [0.5, 0.6) is 0 Å². The Bertz CT molecular complexity index is 1110. The zero-order valence-corrected chi connectivity index (χ0v) is 20.8. The van der Waals surface area contributed by atoms with E-state index < -0.39 is 36.0 Å². The van der Waals surface area contributed by atoms with Gasteiger partial charge in [-0.25, -0.2) is 9.18 Å². The van der Waals surface area contributed by atoms with E-state index in [1.165, 1.54) is 31.2 Å². The Hall–Kier alpha value is -2.65. The summed E-state index contributed by atoms with van der Waals surface area (Å²) in [5, 5.41) is 19.4. The summed E-state index contributed by atoms with van der Waals surface area (Å²) in [6.45, 7) is 10.8. The summed E-state index contributed by atoms with van der Waals surface area (Å²) in [6, 6.07) is 7.31. The largest absolute Gasteiger partial charge is 0.543 e. The lowest BCUT2D eigenvalue weighted by molar-refractivity contribution is -0.145. The van der Waals surface area contributed by atoms with Gasteiger partial charge in [-0.3, -0.25) is 4.98 Å². The third-order valence-corrected chi connectivity index (χ3v) is 7.30. The zero-order chi connectivity index (χ0) is 25.4. The molecule has 0 saturated carbocycles. The van der Waals surface area contributed by atoms with Crippen molar-refractivity contribution in [2.24, 2.45) is 0 Å². The van der Waals surface area contributed by atoms with E-state index in [0.29, 0.717) is 22.5 Å². The summed E-state index contributed by atoms with van der Waals surface area (Å²) in [5.41, 5.74) is -0.637. The standard InChI is InChI=1S/C25H29FNO5P/c1-9-25(22(28)29,33(31)32-8)24(7,30)20-18(16-10-12-17(26)13-11-16)14-19(23(4,5)6)27-21(20)15(2)3/h1,10-15,30H,2-8H3/p+1. The van der Waals surface area contributed by atoms with Crippen molar-refractivity contribution < 1.29 is 28.5 Å². The number of aliphatic hydroxyl groups is 1. The molecule has 0 spiro atoms. The van der Waals surface area contributed by atoms with E-state index in [1.807, 2.05) is 34.6 Å². The lowest BCUT2D eigenvalue weighted by Gasteiger charge is -2.35. The molecule has 0 aliphatic rings. The molecule has 2 aromatic rings. The van der Waals surface area contributed by atoms with Crippen molar-refractivity contribution in [2.45, 2.75) is 63.6 Å². The molecule has 33 heavy (non-hydrogen) atoms. The average molecular weight is 474 g/mol. The van der Waals surface area contributed by atoms with Crippen LogP contribution in [-0.4, -0.2) is 33.4 Å². The number of hydrogen-bond acceptors (Lipinski definition) is 5. The van der Waals surface area contributed by atoms with Gasteiger partial charge in [0.25, 0.3) is 0 Å². The van der Waals surface area contributed by atoms with E-state index in [0.717, 1.165) is 7.11 Å². The fourth-order valence-corrected chi connectivity index (χ4v) is 4.78. The Morgan fingerprint density at radius 1 is 1.21 bits per heavy atom. The minimum absolute atomic E-state index is 0.109. The van der Waals surface area contributed by atoms with Crippen molar-refractivity contribution in [1.82, 2.24) is 4.98 Å². The number of aliphatic carboxylic acids is 1. The highest BCUT2D eigenvalue weighted by molar-refractivity contribution is 7.43. The predicted molar refractivity (Wildman–Crippen MR) is 126 cm³/mol. The first kappa shape index (κ1) is 26.6. The number of aromatic nitrogens is 1. The minimum Gasteiger partial charge on any atom is -0.477 e. The zero-order valence-electron chi connectivity index (χ0n) is 19.9.